The molecule has 8 nitrogen and oxygen atoms in total. The molecule has 36 heavy (non-hydrogen) atoms. The summed E-state index contributed by atoms with van der Waals surface area (Å²) in [5.41, 5.74) is 2.23. The summed E-state index contributed by atoms with van der Waals surface area (Å²) in [7, 11) is 3.03. The summed E-state index contributed by atoms with van der Waals surface area (Å²) >= 11 is 5.24. The molecule has 1 heterocycles. The van der Waals surface area contributed by atoms with Crippen LogP contribution in [0.3, 0.4) is 0 Å². The molecule has 180 valence electrons. The van der Waals surface area contributed by atoms with Gasteiger partial charge in [-0.1, -0.05) is 24.3 Å². The lowest BCUT2D eigenvalue weighted by Gasteiger charge is -2.29. The van der Waals surface area contributed by atoms with Crippen LogP contribution in [0.4, 0.5) is 5.69 Å². The lowest BCUT2D eigenvalue weighted by Crippen LogP contribution is -2.54. The highest BCUT2D eigenvalue weighted by Crippen LogP contribution is 2.31. The number of methoxy groups -OCH3 is 2. The molecule has 3 aromatic carbocycles. The molecule has 1 N–H and O–H groups in total. The van der Waals surface area contributed by atoms with Crippen LogP contribution in [-0.2, 0) is 16.2 Å². The molecule has 1 aliphatic rings. The summed E-state index contributed by atoms with van der Waals surface area (Å²) in [6, 6.07) is 21.1. The van der Waals surface area contributed by atoms with E-state index in [2.05, 4.69) is 11.4 Å². The largest absolute Gasteiger partial charge is 0.497 e. The molecular weight excluding hydrogens is 478 g/mol. The van der Waals surface area contributed by atoms with Gasteiger partial charge in [-0.15, -0.1) is 0 Å². The second-order valence-corrected chi connectivity index (χ2v) is 8.01. The van der Waals surface area contributed by atoms with Crippen molar-refractivity contribution in [1.29, 1.82) is 5.26 Å². The Hall–Kier alpha value is -4.68. The summed E-state index contributed by atoms with van der Waals surface area (Å²) in [4.78, 5) is 27.1. The van der Waals surface area contributed by atoms with Crippen LogP contribution in [0.1, 0.15) is 16.7 Å². The van der Waals surface area contributed by atoms with E-state index >= 15 is 0 Å². The number of carbonyl (C=O) groups excluding carboxylic acids is 2. The Morgan fingerprint density at radius 1 is 1.00 bits per heavy atom. The molecule has 9 heteroatoms. The molecule has 0 spiro atoms. The highest BCUT2D eigenvalue weighted by Gasteiger charge is 2.34. The van der Waals surface area contributed by atoms with Crippen molar-refractivity contribution >= 4 is 40.9 Å². The summed E-state index contributed by atoms with van der Waals surface area (Å²) < 4.78 is 16.5. The lowest BCUT2D eigenvalue weighted by molar-refractivity contribution is -0.122. The van der Waals surface area contributed by atoms with E-state index in [1.54, 1.807) is 61.7 Å². The molecule has 1 fully saturated rings. The highest BCUT2D eigenvalue weighted by molar-refractivity contribution is 7.80. The maximum Gasteiger partial charge on any atom is 0.270 e. The molecule has 4 rings (SSSR count). The number of thiocarbonyl (C=S) groups is 1. The summed E-state index contributed by atoms with van der Waals surface area (Å²) in [5.74, 6) is 0.334. The Morgan fingerprint density at radius 2 is 1.75 bits per heavy atom. The van der Waals surface area contributed by atoms with E-state index < -0.39 is 11.8 Å². The van der Waals surface area contributed by atoms with E-state index in [0.717, 1.165) is 5.56 Å². The van der Waals surface area contributed by atoms with Crippen LogP contribution in [0.5, 0.6) is 17.2 Å². The van der Waals surface area contributed by atoms with E-state index in [4.69, 9.17) is 26.4 Å². The normalized spacial score (nSPS) is 14.3. The Kier molecular flexibility index (Phi) is 7.28. The minimum atomic E-state index is -0.595. The highest BCUT2D eigenvalue weighted by atomic mass is 32.1. The molecule has 3 aromatic rings. The summed E-state index contributed by atoms with van der Waals surface area (Å²) in [5, 5.41) is 11.8. The predicted molar refractivity (Wildman–Crippen MR) is 138 cm³/mol. The van der Waals surface area contributed by atoms with Gasteiger partial charge in [-0.25, -0.2) is 0 Å². The number of nitrogens with zero attached hydrogens (tertiary/aromatic N) is 2. The molecular formula is C27H21N3O5S. The van der Waals surface area contributed by atoms with Crippen LogP contribution in [0, 0.1) is 11.3 Å². The number of ether oxygens (including phenoxy) is 3. The third-order valence-corrected chi connectivity index (χ3v) is 5.74. The van der Waals surface area contributed by atoms with E-state index in [1.807, 2.05) is 12.1 Å². The number of rotatable bonds is 7. The van der Waals surface area contributed by atoms with Crippen LogP contribution in [0.15, 0.2) is 72.3 Å². The average Bonchev–Trinajstić information content (AvgIpc) is 2.90. The summed E-state index contributed by atoms with van der Waals surface area (Å²) in [6.45, 7) is 0.176. The van der Waals surface area contributed by atoms with Gasteiger partial charge in [-0.3, -0.25) is 19.8 Å². The van der Waals surface area contributed by atoms with E-state index in [0.29, 0.717) is 34.1 Å². The smallest absolute Gasteiger partial charge is 0.270 e. The van der Waals surface area contributed by atoms with Gasteiger partial charge in [0.15, 0.2) is 16.6 Å². The van der Waals surface area contributed by atoms with Gasteiger partial charge in [0.25, 0.3) is 11.8 Å². The Morgan fingerprint density at radius 3 is 2.44 bits per heavy atom. The van der Waals surface area contributed by atoms with Crippen LogP contribution in [-0.4, -0.2) is 31.1 Å². The van der Waals surface area contributed by atoms with Crippen molar-refractivity contribution in [2.24, 2.45) is 0 Å². The Bertz CT molecular complexity index is 1410. The van der Waals surface area contributed by atoms with Gasteiger partial charge >= 0.3 is 0 Å². The minimum Gasteiger partial charge on any atom is -0.497 e. The van der Waals surface area contributed by atoms with Crippen molar-refractivity contribution in [3.8, 4) is 23.3 Å². The quantitative estimate of drug-likeness (QED) is 0.298. The zero-order valence-corrected chi connectivity index (χ0v) is 20.3. The average molecular weight is 500 g/mol. The fraction of sp³-hybridized carbons (Fsp3) is 0.111. The number of hydrogen-bond acceptors (Lipinski definition) is 7. The van der Waals surface area contributed by atoms with Crippen LogP contribution in [0.25, 0.3) is 6.08 Å². The number of carbonyl (C=O) groups is 2. The number of hydrogen-bond donors (Lipinski definition) is 1. The Labute approximate surface area is 213 Å². The zero-order chi connectivity index (χ0) is 25.7. The van der Waals surface area contributed by atoms with E-state index in [9.17, 15) is 14.9 Å². The molecule has 1 saturated heterocycles. The molecule has 2 amide bonds. The number of nitriles is 1. The fourth-order valence-electron chi connectivity index (χ4n) is 3.59. The van der Waals surface area contributed by atoms with Gasteiger partial charge < -0.3 is 14.2 Å². The first-order chi connectivity index (χ1) is 17.4. The van der Waals surface area contributed by atoms with Gasteiger partial charge in [0.2, 0.25) is 0 Å². The fourth-order valence-corrected chi connectivity index (χ4v) is 3.87. The molecule has 0 radical (unpaired) electrons. The number of amides is 2. The maximum atomic E-state index is 13.2. The second-order valence-electron chi connectivity index (χ2n) is 7.62. The van der Waals surface area contributed by atoms with E-state index in [-0.39, 0.29) is 17.3 Å². The topological polar surface area (TPSA) is 101 Å². The lowest BCUT2D eigenvalue weighted by atomic mass is 10.1. The van der Waals surface area contributed by atoms with Crippen LogP contribution < -0.4 is 24.4 Å². The number of benzene rings is 3. The molecule has 0 unspecified atom stereocenters. The third kappa shape index (κ3) is 5.04. The predicted octanol–water partition coefficient (Wildman–Crippen LogP) is 3.99. The number of nitrogens with one attached hydrogen (secondary N) is 1. The molecule has 1 aliphatic heterocycles. The Balaban J connectivity index is 1.59. The molecule has 0 aromatic heterocycles. The zero-order valence-electron chi connectivity index (χ0n) is 19.5. The first kappa shape index (κ1) is 24.4. The van der Waals surface area contributed by atoms with Gasteiger partial charge in [-0.2, -0.15) is 5.26 Å². The third-order valence-electron chi connectivity index (χ3n) is 5.45. The molecule has 0 aliphatic carbocycles. The first-order valence-corrected chi connectivity index (χ1v) is 11.2. The van der Waals surface area contributed by atoms with Gasteiger partial charge in [-0.05, 0) is 66.3 Å². The first-order valence-electron chi connectivity index (χ1n) is 10.8. The van der Waals surface area contributed by atoms with Gasteiger partial charge in [0, 0.05) is 5.56 Å². The van der Waals surface area contributed by atoms with Crippen molar-refractivity contribution in [2.75, 3.05) is 19.1 Å². The van der Waals surface area contributed by atoms with Crippen molar-refractivity contribution in [3.05, 3.63) is 89.0 Å². The maximum absolute atomic E-state index is 13.2. The van der Waals surface area contributed by atoms with Gasteiger partial charge in [0.1, 0.15) is 17.9 Å². The van der Waals surface area contributed by atoms with Crippen LogP contribution in [0.2, 0.25) is 0 Å². The SMILES string of the molecule is COc1ccc(N2C(=O)C(=Cc3ccc(OCc4ccccc4C#N)c(OC)c3)C(=O)NC2=S)cc1. The number of anilines is 1. The molecule has 0 bridgehead atoms. The second kappa shape index (κ2) is 10.7. The van der Waals surface area contributed by atoms with Crippen LogP contribution >= 0.6 is 12.2 Å². The molecule has 0 atom stereocenters. The van der Waals surface area contributed by atoms with Crippen molar-refractivity contribution in [3.63, 3.8) is 0 Å². The standard InChI is InChI=1S/C27H21N3O5S/c1-33-21-10-8-20(9-11-21)30-26(32)22(25(31)29-27(30)36)13-17-7-12-23(24(14-17)34-2)35-16-19-6-4-3-5-18(19)15-28/h3-14H,16H2,1-2H3,(H,29,31,36). The summed E-state index contributed by atoms with van der Waals surface area (Å²) in [6.07, 6.45) is 1.47. The van der Waals surface area contributed by atoms with Gasteiger partial charge in [0.05, 0.1) is 31.5 Å². The van der Waals surface area contributed by atoms with E-state index in [1.165, 1.54) is 18.1 Å². The monoisotopic (exact) mass is 499 g/mol. The van der Waals surface area contributed by atoms with Crippen molar-refractivity contribution in [2.45, 2.75) is 6.61 Å². The van der Waals surface area contributed by atoms with Crippen molar-refractivity contribution < 1.29 is 23.8 Å². The van der Waals surface area contributed by atoms with Crippen molar-refractivity contribution in [1.82, 2.24) is 5.32 Å². The molecule has 0 saturated carbocycles. The minimum absolute atomic E-state index is 0.00806.